The van der Waals surface area contributed by atoms with E-state index in [1.54, 1.807) is 0 Å². The van der Waals surface area contributed by atoms with Crippen LogP contribution >= 0.6 is 0 Å². The predicted molar refractivity (Wildman–Crippen MR) is 231 cm³/mol. The first-order valence-corrected chi connectivity index (χ1v) is 18.8. The summed E-state index contributed by atoms with van der Waals surface area (Å²) in [5, 5.41) is 7.23. The third-order valence-electron chi connectivity index (χ3n) is 11.0. The molecule has 55 heavy (non-hydrogen) atoms. The maximum absolute atomic E-state index is 6.22. The van der Waals surface area contributed by atoms with E-state index < -0.39 is 0 Å². The molecule has 11 aromatic rings. The van der Waals surface area contributed by atoms with Gasteiger partial charge in [-0.25, -0.2) is 0 Å². The van der Waals surface area contributed by atoms with Gasteiger partial charge in [0.25, 0.3) is 0 Å². The van der Waals surface area contributed by atoms with E-state index in [1.165, 1.54) is 49.3 Å². The van der Waals surface area contributed by atoms with Crippen molar-refractivity contribution in [3.63, 3.8) is 0 Å². The van der Waals surface area contributed by atoms with Gasteiger partial charge in [0, 0.05) is 44.0 Å². The zero-order valence-corrected chi connectivity index (χ0v) is 29.9. The Kier molecular flexibility index (Phi) is 7.17. The number of nitrogens with zero attached hydrogens (tertiary/aromatic N) is 2. The second-order valence-electron chi connectivity index (χ2n) is 14.1. The molecule has 0 N–H and O–H groups in total. The Morgan fingerprint density at radius 3 is 1.71 bits per heavy atom. The molecule has 0 saturated heterocycles. The second kappa shape index (κ2) is 12.6. The normalized spacial score (nSPS) is 11.6. The molecule has 0 aliphatic heterocycles. The van der Waals surface area contributed by atoms with Gasteiger partial charge < -0.3 is 13.9 Å². The molecule has 0 unspecified atom stereocenters. The third-order valence-corrected chi connectivity index (χ3v) is 11.0. The summed E-state index contributed by atoms with van der Waals surface area (Å²) in [6.07, 6.45) is 0. The molecule has 0 aliphatic rings. The quantitative estimate of drug-likeness (QED) is 0.172. The first-order valence-electron chi connectivity index (χ1n) is 18.8. The molecule has 0 saturated carbocycles. The molecule has 258 valence electrons. The Morgan fingerprint density at radius 2 is 0.945 bits per heavy atom. The average Bonchev–Trinajstić information content (AvgIpc) is 3.81. The minimum Gasteiger partial charge on any atom is -0.456 e. The zero-order chi connectivity index (χ0) is 36.3. The summed E-state index contributed by atoms with van der Waals surface area (Å²) in [6.45, 7) is 0. The van der Waals surface area contributed by atoms with Gasteiger partial charge in [0.15, 0.2) is 0 Å². The van der Waals surface area contributed by atoms with Crippen LogP contribution in [0.3, 0.4) is 0 Å². The van der Waals surface area contributed by atoms with Gasteiger partial charge in [-0.1, -0.05) is 133 Å². The molecule has 0 bridgehead atoms. The molecule has 3 heteroatoms. The summed E-state index contributed by atoms with van der Waals surface area (Å²) >= 11 is 0. The standard InChI is InChI=1S/C52H34N2O/c1-2-16-42-36(12-1)13-10-23-47(42)53(40-30-32-41(33-31-40)54-48-21-6-3-17-44(48)45-18-4-7-22-49(45)54)39-28-26-35(27-29-39)37-14-9-15-38(34-37)43-20-11-25-51-52(43)46-19-5-8-24-50(46)55-51/h1-34H. The highest BCUT2D eigenvalue weighted by atomic mass is 16.3. The number of anilines is 3. The number of benzene rings is 9. The molecule has 0 fully saturated rings. The van der Waals surface area contributed by atoms with Crippen LogP contribution in [0.2, 0.25) is 0 Å². The maximum Gasteiger partial charge on any atom is 0.136 e. The van der Waals surface area contributed by atoms with Gasteiger partial charge in [-0.2, -0.15) is 0 Å². The molecule has 9 aromatic carbocycles. The van der Waals surface area contributed by atoms with Gasteiger partial charge in [0.2, 0.25) is 0 Å². The van der Waals surface area contributed by atoms with Crippen molar-refractivity contribution in [3.05, 3.63) is 206 Å². The summed E-state index contributed by atoms with van der Waals surface area (Å²) in [4.78, 5) is 2.38. The van der Waals surface area contributed by atoms with Crippen LogP contribution in [0.1, 0.15) is 0 Å². The highest BCUT2D eigenvalue weighted by Gasteiger charge is 2.18. The van der Waals surface area contributed by atoms with Crippen molar-refractivity contribution in [2.45, 2.75) is 0 Å². The first-order chi connectivity index (χ1) is 27.3. The molecular formula is C52H34N2O. The third kappa shape index (κ3) is 5.13. The molecule has 0 amide bonds. The molecule has 2 aromatic heterocycles. The topological polar surface area (TPSA) is 21.3 Å². The number of hydrogen-bond donors (Lipinski definition) is 0. The van der Waals surface area contributed by atoms with Crippen LogP contribution in [0.4, 0.5) is 17.1 Å². The molecule has 0 radical (unpaired) electrons. The van der Waals surface area contributed by atoms with Gasteiger partial charge in [-0.05, 0) is 100 Å². The smallest absolute Gasteiger partial charge is 0.136 e. The van der Waals surface area contributed by atoms with Crippen molar-refractivity contribution in [2.24, 2.45) is 0 Å². The molecule has 2 heterocycles. The Balaban J connectivity index is 1.00. The lowest BCUT2D eigenvalue weighted by Crippen LogP contribution is -2.10. The lowest BCUT2D eigenvalue weighted by molar-refractivity contribution is 0.669. The van der Waals surface area contributed by atoms with Crippen LogP contribution in [0.15, 0.2) is 211 Å². The van der Waals surface area contributed by atoms with Gasteiger partial charge in [-0.15, -0.1) is 0 Å². The van der Waals surface area contributed by atoms with Crippen molar-refractivity contribution < 1.29 is 4.42 Å². The molecule has 0 atom stereocenters. The lowest BCUT2D eigenvalue weighted by Gasteiger charge is -2.27. The summed E-state index contributed by atoms with van der Waals surface area (Å²) < 4.78 is 8.59. The van der Waals surface area contributed by atoms with Crippen LogP contribution in [0, 0.1) is 0 Å². The SMILES string of the molecule is c1cc(-c2ccc(N(c3ccc(-n4c5ccccc5c5ccccc54)cc3)c3cccc4ccccc34)cc2)cc(-c2cccc3oc4ccccc4c23)c1. The van der Waals surface area contributed by atoms with E-state index in [-0.39, 0.29) is 0 Å². The summed E-state index contributed by atoms with van der Waals surface area (Å²) in [7, 11) is 0. The van der Waals surface area contributed by atoms with Crippen molar-refractivity contribution in [2.75, 3.05) is 4.90 Å². The van der Waals surface area contributed by atoms with E-state index in [0.29, 0.717) is 0 Å². The van der Waals surface area contributed by atoms with E-state index in [0.717, 1.165) is 50.3 Å². The minimum absolute atomic E-state index is 0.907. The second-order valence-corrected chi connectivity index (χ2v) is 14.1. The molecule has 0 spiro atoms. The van der Waals surface area contributed by atoms with E-state index in [2.05, 4.69) is 204 Å². The van der Waals surface area contributed by atoms with Crippen LogP contribution in [-0.2, 0) is 0 Å². The summed E-state index contributed by atoms with van der Waals surface area (Å²) in [6, 6.07) is 74.0. The molecule has 11 rings (SSSR count). The number of aromatic nitrogens is 1. The molecule has 3 nitrogen and oxygen atoms in total. The first kappa shape index (κ1) is 31.2. The Bertz CT molecular complexity index is 3150. The van der Waals surface area contributed by atoms with E-state index in [9.17, 15) is 0 Å². The lowest BCUT2D eigenvalue weighted by atomic mass is 9.96. The fraction of sp³-hybridized carbons (Fsp3) is 0. The van der Waals surface area contributed by atoms with Crippen LogP contribution in [0.5, 0.6) is 0 Å². The largest absolute Gasteiger partial charge is 0.456 e. The van der Waals surface area contributed by atoms with Gasteiger partial charge in [-0.3, -0.25) is 0 Å². The predicted octanol–water partition coefficient (Wildman–Crippen LogP) is 14.6. The van der Waals surface area contributed by atoms with Crippen LogP contribution < -0.4 is 4.90 Å². The fourth-order valence-electron chi connectivity index (χ4n) is 8.47. The summed E-state index contributed by atoms with van der Waals surface area (Å²) in [5.41, 5.74) is 13.4. The van der Waals surface area contributed by atoms with E-state index in [4.69, 9.17) is 4.42 Å². The number of furan rings is 1. The minimum atomic E-state index is 0.907. The zero-order valence-electron chi connectivity index (χ0n) is 29.9. The van der Waals surface area contributed by atoms with Crippen molar-refractivity contribution in [1.82, 2.24) is 4.57 Å². The van der Waals surface area contributed by atoms with Crippen LogP contribution in [-0.4, -0.2) is 4.57 Å². The number of rotatable bonds is 6. The van der Waals surface area contributed by atoms with Crippen molar-refractivity contribution in [1.29, 1.82) is 0 Å². The van der Waals surface area contributed by atoms with Crippen molar-refractivity contribution in [3.8, 4) is 27.9 Å². The molecule has 0 aliphatic carbocycles. The van der Waals surface area contributed by atoms with Crippen LogP contribution in [0.25, 0.3) is 82.5 Å². The monoisotopic (exact) mass is 702 g/mol. The number of fused-ring (bicyclic) bond motifs is 7. The Morgan fingerprint density at radius 1 is 0.382 bits per heavy atom. The van der Waals surface area contributed by atoms with Gasteiger partial charge in [0.05, 0.1) is 16.7 Å². The van der Waals surface area contributed by atoms with Gasteiger partial charge in [0.1, 0.15) is 11.2 Å². The highest BCUT2D eigenvalue weighted by molar-refractivity contribution is 6.13. The summed E-state index contributed by atoms with van der Waals surface area (Å²) in [5.74, 6) is 0. The molecular weight excluding hydrogens is 669 g/mol. The van der Waals surface area contributed by atoms with Crippen molar-refractivity contribution >= 4 is 71.6 Å². The Hall–Kier alpha value is -7.36. The highest BCUT2D eigenvalue weighted by Crippen LogP contribution is 2.42. The van der Waals surface area contributed by atoms with Gasteiger partial charge >= 0.3 is 0 Å². The maximum atomic E-state index is 6.22. The average molecular weight is 703 g/mol. The fourth-order valence-corrected chi connectivity index (χ4v) is 8.47. The van der Waals surface area contributed by atoms with E-state index >= 15 is 0 Å². The number of para-hydroxylation sites is 3. The Labute approximate surface area is 318 Å². The van der Waals surface area contributed by atoms with E-state index in [1.807, 2.05) is 12.1 Å². The number of hydrogen-bond acceptors (Lipinski definition) is 2.